The van der Waals surface area contributed by atoms with Gasteiger partial charge in [0.25, 0.3) is 0 Å². The lowest BCUT2D eigenvalue weighted by molar-refractivity contribution is 0.191. The summed E-state index contributed by atoms with van der Waals surface area (Å²) >= 11 is 0. The Bertz CT molecular complexity index is 1470. The summed E-state index contributed by atoms with van der Waals surface area (Å²) in [5.74, 6) is 0. The van der Waals surface area contributed by atoms with E-state index in [0.29, 0.717) is 0 Å². The third kappa shape index (κ3) is 34.4. The van der Waals surface area contributed by atoms with Crippen LogP contribution in [0.3, 0.4) is 0 Å². The largest absolute Gasteiger partial charge is 0.481 e. The topological polar surface area (TPSA) is 113 Å². The highest BCUT2D eigenvalue weighted by Gasteiger charge is 2.31. The highest BCUT2D eigenvalue weighted by atomic mass is 31.3. The number of hydrogen-bond acceptors (Lipinski definition) is 4. The van der Waals surface area contributed by atoms with Crippen molar-refractivity contribution in [1.82, 2.24) is 0 Å². The van der Waals surface area contributed by atoms with Crippen LogP contribution in [0.25, 0.3) is 0 Å². The van der Waals surface area contributed by atoms with Crippen molar-refractivity contribution in [2.24, 2.45) is 0 Å². The molecule has 0 spiro atoms. The first-order chi connectivity index (χ1) is 25.3. The van der Waals surface area contributed by atoms with Crippen LogP contribution in [-0.4, -0.2) is 21.3 Å². The Morgan fingerprint density at radius 3 is 0.833 bits per heavy atom. The predicted octanol–water partition coefficient (Wildman–Crippen LogP) is 15.0. The average Bonchev–Trinajstić information content (AvgIpc) is 3.03. The Hall–Kier alpha value is -2.08. The minimum Gasteiger partial charge on any atom is -0.302 e. The molecule has 0 saturated carbocycles. The molecular weight excluding hydrogens is 714 g/mol. The lowest BCUT2D eigenvalue weighted by Crippen LogP contribution is -1.94. The summed E-state index contributed by atoms with van der Waals surface area (Å²) in [5, 5.41) is 0. The van der Waals surface area contributed by atoms with Crippen LogP contribution in [0.4, 0.5) is 0 Å². The summed E-state index contributed by atoms with van der Waals surface area (Å²) in [4.78, 5) is 26.6. The van der Waals surface area contributed by atoms with Crippen LogP contribution in [0.5, 0.6) is 0 Å². The molecule has 0 aromatic heterocycles. The van der Waals surface area contributed by atoms with E-state index in [-0.39, 0.29) is 6.61 Å². The molecule has 0 aromatic rings. The van der Waals surface area contributed by atoms with Gasteiger partial charge >= 0.3 is 15.6 Å². The van der Waals surface area contributed by atoms with E-state index in [4.69, 9.17) is 9.79 Å². The zero-order valence-electron chi connectivity index (χ0n) is 35.6. The molecule has 3 N–H and O–H groups in total. The number of hydrogen-bond donors (Lipinski definition) is 3. The molecule has 0 bridgehead atoms. The summed E-state index contributed by atoms with van der Waals surface area (Å²) in [6.45, 7) is 21.6. The predicted molar refractivity (Wildman–Crippen MR) is 232 cm³/mol. The van der Waals surface area contributed by atoms with Crippen LogP contribution < -0.4 is 0 Å². The minimum absolute atomic E-state index is 0.272. The fraction of sp³-hybridized carbons (Fsp3) is 0.600. The molecule has 1 atom stereocenters. The quantitative estimate of drug-likeness (QED) is 0.0511. The summed E-state index contributed by atoms with van der Waals surface area (Å²) in [6, 6.07) is 0. The summed E-state index contributed by atoms with van der Waals surface area (Å²) < 4.78 is 30.6. The van der Waals surface area contributed by atoms with Gasteiger partial charge in [0, 0.05) is 0 Å². The highest BCUT2D eigenvalue weighted by Crippen LogP contribution is 2.57. The molecule has 0 saturated heterocycles. The van der Waals surface area contributed by atoms with Crippen molar-refractivity contribution in [3.05, 3.63) is 105 Å². The molecule has 308 valence electrons. The zero-order chi connectivity index (χ0) is 41.0. The van der Waals surface area contributed by atoms with Crippen molar-refractivity contribution < 1.29 is 32.6 Å². The van der Waals surface area contributed by atoms with Gasteiger partial charge in [0.1, 0.15) is 0 Å². The second-order valence-corrected chi connectivity index (χ2v) is 18.2. The summed E-state index contributed by atoms with van der Waals surface area (Å²) in [6.07, 6.45) is 37.7. The Kier molecular flexibility index (Phi) is 28.9. The van der Waals surface area contributed by atoms with Crippen molar-refractivity contribution in [2.45, 2.75) is 172 Å². The monoisotopic (exact) mass is 791 g/mol. The Morgan fingerprint density at radius 2 is 0.611 bits per heavy atom. The van der Waals surface area contributed by atoms with E-state index < -0.39 is 15.6 Å². The molecule has 0 radical (unpaired) electrons. The van der Waals surface area contributed by atoms with Gasteiger partial charge in [-0.15, -0.1) is 0 Å². The Labute approximate surface area is 330 Å². The van der Waals surface area contributed by atoms with Crippen LogP contribution in [0, 0.1) is 0 Å². The van der Waals surface area contributed by atoms with E-state index in [2.05, 4.69) is 120 Å². The zero-order valence-corrected chi connectivity index (χ0v) is 37.4. The first-order valence-corrected chi connectivity index (χ1v) is 22.9. The van der Waals surface area contributed by atoms with E-state index in [1.54, 1.807) is 6.08 Å². The van der Waals surface area contributed by atoms with Crippen molar-refractivity contribution in [1.29, 1.82) is 0 Å². The van der Waals surface area contributed by atoms with Crippen molar-refractivity contribution >= 4 is 15.6 Å². The average molecular weight is 791 g/mol. The van der Waals surface area contributed by atoms with Gasteiger partial charge in [0.15, 0.2) is 0 Å². The standard InChI is InChI=1S/C45H76O7P2/c1-37(2)19-11-20-38(3)21-12-22-39(4)23-13-24-40(5)25-14-26-41(6)27-15-28-42(7)29-16-30-43(8)31-17-32-44(9)33-18-34-45(10)35-36-51-54(49,50)52-53(46,47)48/h19,21,23,25,27,29,31,33,35H,11-18,20,22,24,26,28,30,32,34,36H2,1-10H3,(H,49,50)(H2,46,47,48)/b38-21+,39-23-,40-25-,41-27+,42-29+,43-31+,44-33+,45-35+. The molecule has 1 unspecified atom stereocenters. The van der Waals surface area contributed by atoms with E-state index in [1.807, 2.05) is 6.92 Å². The SMILES string of the molecule is CC(C)=CCC/C(C)=C/CC/C(C)=C\CC/C(C)=C\CC/C(C)=C/CC/C(C)=C/CC/C(C)=C/CC/C(C)=C/CC/C(C)=C/COP(=O)(O)OP(=O)(O)O. The van der Waals surface area contributed by atoms with Gasteiger partial charge < -0.3 is 14.7 Å². The second kappa shape index (κ2) is 30.1. The van der Waals surface area contributed by atoms with Gasteiger partial charge in [-0.25, -0.2) is 9.13 Å². The minimum atomic E-state index is -5.11. The first kappa shape index (κ1) is 51.9. The van der Waals surface area contributed by atoms with Crippen LogP contribution in [0.15, 0.2) is 105 Å². The smallest absolute Gasteiger partial charge is 0.302 e. The van der Waals surface area contributed by atoms with Crippen molar-refractivity contribution in [2.75, 3.05) is 6.61 Å². The van der Waals surface area contributed by atoms with E-state index >= 15 is 0 Å². The third-order valence-corrected chi connectivity index (χ3v) is 11.3. The van der Waals surface area contributed by atoms with Crippen LogP contribution in [0.2, 0.25) is 0 Å². The fourth-order valence-electron chi connectivity index (χ4n) is 5.66. The number of phosphoric ester groups is 1. The van der Waals surface area contributed by atoms with Crippen LogP contribution >= 0.6 is 15.6 Å². The molecule has 0 aliphatic rings. The van der Waals surface area contributed by atoms with Gasteiger partial charge in [-0.05, 0) is 172 Å². The maximum absolute atomic E-state index is 11.5. The Morgan fingerprint density at radius 1 is 0.389 bits per heavy atom. The molecule has 0 fully saturated rings. The van der Waals surface area contributed by atoms with Crippen LogP contribution in [0.1, 0.15) is 172 Å². The highest BCUT2D eigenvalue weighted by molar-refractivity contribution is 7.60. The summed E-state index contributed by atoms with van der Waals surface area (Å²) in [5.41, 5.74) is 12.6. The molecule has 9 heteroatoms. The van der Waals surface area contributed by atoms with Gasteiger partial charge in [-0.1, -0.05) is 105 Å². The molecule has 0 rings (SSSR count). The molecule has 54 heavy (non-hydrogen) atoms. The molecule has 0 aliphatic carbocycles. The van der Waals surface area contributed by atoms with Gasteiger partial charge in [-0.2, -0.15) is 4.31 Å². The van der Waals surface area contributed by atoms with Crippen LogP contribution in [-0.2, 0) is 18.0 Å². The number of phosphoric acid groups is 2. The maximum atomic E-state index is 11.5. The van der Waals surface area contributed by atoms with Gasteiger partial charge in [0.05, 0.1) is 6.61 Å². The normalized spacial score (nSPS) is 15.9. The Balaban J connectivity index is 4.29. The number of rotatable bonds is 29. The van der Waals surface area contributed by atoms with Crippen molar-refractivity contribution in [3.63, 3.8) is 0 Å². The van der Waals surface area contributed by atoms with Gasteiger partial charge in [0.2, 0.25) is 0 Å². The third-order valence-electron chi connectivity index (χ3n) is 9.19. The molecule has 0 aliphatic heterocycles. The van der Waals surface area contributed by atoms with Gasteiger partial charge in [-0.3, -0.25) is 4.52 Å². The first-order valence-electron chi connectivity index (χ1n) is 19.9. The molecule has 7 nitrogen and oxygen atoms in total. The molecule has 0 amide bonds. The lowest BCUT2D eigenvalue weighted by atomic mass is 10.0. The molecule has 0 heterocycles. The lowest BCUT2D eigenvalue weighted by Gasteiger charge is -2.11. The van der Waals surface area contributed by atoms with Crippen molar-refractivity contribution in [3.8, 4) is 0 Å². The van der Waals surface area contributed by atoms with E-state index in [9.17, 15) is 14.0 Å². The fourth-order valence-corrected chi connectivity index (χ4v) is 7.19. The molecular formula is C45H76O7P2. The second-order valence-electron chi connectivity index (χ2n) is 15.3. The summed E-state index contributed by atoms with van der Waals surface area (Å²) in [7, 11) is -9.91. The number of allylic oxidation sites excluding steroid dienone is 17. The van der Waals surface area contributed by atoms with E-state index in [1.165, 1.54) is 51.0 Å². The van der Waals surface area contributed by atoms with E-state index in [0.717, 1.165) is 102 Å². The molecule has 0 aromatic carbocycles. The maximum Gasteiger partial charge on any atom is 0.481 e.